The van der Waals surface area contributed by atoms with Gasteiger partial charge in [-0.3, -0.25) is 28.8 Å². The van der Waals surface area contributed by atoms with Crippen molar-refractivity contribution in [3.05, 3.63) is 36.5 Å². The van der Waals surface area contributed by atoms with Gasteiger partial charge in [-0.2, -0.15) is 0 Å². The Labute approximate surface area is 532 Å². The van der Waals surface area contributed by atoms with E-state index in [1.54, 1.807) is 13.8 Å². The number of carboxylic acids is 2. The van der Waals surface area contributed by atoms with E-state index in [4.69, 9.17) is 19.7 Å². The second kappa shape index (κ2) is 66.6. The van der Waals surface area contributed by atoms with Crippen molar-refractivity contribution in [1.82, 2.24) is 0 Å². The molecule has 13 heteroatoms. The smallest absolute Gasteiger partial charge is 0.317 e. The van der Waals surface area contributed by atoms with Gasteiger partial charge in [0.1, 0.15) is 0 Å². The van der Waals surface area contributed by atoms with Gasteiger partial charge < -0.3 is 34.6 Å². The number of aliphatic carboxylic acids is 2. The average molecular weight is 1230 g/mol. The molecule has 1 fully saturated rings. The zero-order chi connectivity index (χ0) is 64.5. The predicted molar refractivity (Wildman–Crippen MR) is 357 cm³/mol. The number of carboxylic acid groups (broad SMARTS) is 2. The topological polar surface area (TPSA) is 211 Å². The second-order valence-electron chi connectivity index (χ2n) is 25.3. The first-order valence-corrected chi connectivity index (χ1v) is 35.9. The Kier molecular flexibility index (Phi) is 65.2. The van der Waals surface area contributed by atoms with Crippen LogP contribution in [0, 0.1) is 29.6 Å². The molecule has 1 aliphatic rings. The quantitative estimate of drug-likeness (QED) is 0.0147. The molecule has 0 aromatic carbocycles. The van der Waals surface area contributed by atoms with Crippen LogP contribution in [0.5, 0.6) is 0 Å². The minimum Gasteiger partial charge on any atom is -0.481 e. The Morgan fingerprint density at radius 3 is 0.943 bits per heavy atom. The van der Waals surface area contributed by atoms with Gasteiger partial charge in [0.2, 0.25) is 0 Å². The van der Waals surface area contributed by atoms with Crippen LogP contribution in [-0.2, 0) is 43.0 Å². The van der Waals surface area contributed by atoms with E-state index in [-0.39, 0.29) is 88.2 Å². The minimum absolute atomic E-state index is 0.0162. The highest BCUT2D eigenvalue weighted by molar-refractivity contribution is 5.94. The van der Waals surface area contributed by atoms with E-state index in [2.05, 4.69) is 31.6 Å². The van der Waals surface area contributed by atoms with Crippen molar-refractivity contribution < 1.29 is 63.4 Å². The van der Waals surface area contributed by atoms with Gasteiger partial charge in [0, 0.05) is 25.0 Å². The lowest BCUT2D eigenvalue weighted by atomic mass is 10.0. The second-order valence-corrected chi connectivity index (χ2v) is 25.3. The van der Waals surface area contributed by atoms with Gasteiger partial charge in [-0.15, -0.1) is 0 Å². The number of unbranched alkanes of at least 4 members (excludes halogenated alkanes) is 39. The summed E-state index contributed by atoms with van der Waals surface area (Å²) in [5.74, 6) is -6.20. The molecule has 0 aromatic rings. The molecule has 0 saturated carbocycles. The molecule has 1 rings (SSSR count). The molecule has 4 N–H and O–H groups in total. The highest BCUT2D eigenvalue weighted by Crippen LogP contribution is 2.22. The van der Waals surface area contributed by atoms with Crippen LogP contribution in [0.2, 0.25) is 0 Å². The summed E-state index contributed by atoms with van der Waals surface area (Å²) in [5, 5.41) is 35.6. The third kappa shape index (κ3) is 62.2. The fourth-order valence-electron chi connectivity index (χ4n) is 10.3. The molecular weight excluding hydrogens is 1100 g/mol. The zero-order valence-corrected chi connectivity index (χ0v) is 56.6. The van der Waals surface area contributed by atoms with Gasteiger partial charge in [0.15, 0.2) is 0 Å². The van der Waals surface area contributed by atoms with E-state index in [9.17, 15) is 39.0 Å². The molecule has 0 spiro atoms. The van der Waals surface area contributed by atoms with Crippen LogP contribution in [0.15, 0.2) is 36.5 Å². The number of rotatable bonds is 60. The van der Waals surface area contributed by atoms with Crippen LogP contribution in [-0.4, -0.2) is 82.7 Å². The number of hydrogen-bond acceptors (Lipinski definition) is 11. The van der Waals surface area contributed by atoms with Crippen LogP contribution in [0.1, 0.15) is 343 Å². The highest BCUT2D eigenvalue weighted by Gasteiger charge is 2.32. The van der Waals surface area contributed by atoms with Gasteiger partial charge in [-0.05, 0) is 57.8 Å². The fourth-order valence-corrected chi connectivity index (χ4v) is 10.3. The summed E-state index contributed by atoms with van der Waals surface area (Å²) < 4.78 is 15.1. The number of aliphatic hydroxyl groups excluding tert-OH is 2. The number of hydrogen-bond donors (Lipinski definition) is 4. The van der Waals surface area contributed by atoms with Crippen molar-refractivity contribution in [1.29, 1.82) is 0 Å². The Balaban J connectivity index is 0. The van der Waals surface area contributed by atoms with Crippen molar-refractivity contribution in [2.24, 2.45) is 29.6 Å². The molecule has 1 heterocycles. The molecular formula is C74H134O13. The molecule has 0 aliphatic carbocycles. The summed E-state index contributed by atoms with van der Waals surface area (Å²) in [6.45, 7) is 10.4. The van der Waals surface area contributed by atoms with Crippen LogP contribution >= 0.6 is 0 Å². The van der Waals surface area contributed by atoms with Crippen molar-refractivity contribution in [2.45, 2.75) is 343 Å². The molecule has 508 valence electrons. The van der Waals surface area contributed by atoms with E-state index in [0.717, 1.165) is 32.1 Å². The summed E-state index contributed by atoms with van der Waals surface area (Å²) in [6, 6.07) is 0. The molecule has 87 heavy (non-hydrogen) atoms. The van der Waals surface area contributed by atoms with Crippen LogP contribution in [0.25, 0.3) is 0 Å². The first-order chi connectivity index (χ1) is 42.2. The van der Waals surface area contributed by atoms with Crippen molar-refractivity contribution in [2.75, 3.05) is 26.4 Å². The first kappa shape index (κ1) is 85.2. The number of aliphatic hydroxyl groups is 2. The molecule has 0 aromatic heterocycles. The number of ether oxygens (including phenoxy) is 3. The Bertz CT molecular complexity index is 1610. The van der Waals surface area contributed by atoms with E-state index in [1.807, 2.05) is 30.4 Å². The molecule has 0 radical (unpaired) electrons. The zero-order valence-electron chi connectivity index (χ0n) is 56.6. The van der Waals surface area contributed by atoms with E-state index in [1.165, 1.54) is 238 Å². The third-order valence-corrected chi connectivity index (χ3v) is 16.4. The monoisotopic (exact) mass is 1230 g/mol. The van der Waals surface area contributed by atoms with Crippen LogP contribution in [0.3, 0.4) is 0 Å². The maximum Gasteiger partial charge on any atom is 0.317 e. The van der Waals surface area contributed by atoms with E-state index < -0.39 is 35.7 Å². The Morgan fingerprint density at radius 2 is 0.701 bits per heavy atom. The third-order valence-electron chi connectivity index (χ3n) is 16.4. The van der Waals surface area contributed by atoms with Gasteiger partial charge in [-0.25, -0.2) is 0 Å². The van der Waals surface area contributed by atoms with Gasteiger partial charge in [-0.1, -0.05) is 302 Å². The van der Waals surface area contributed by atoms with Crippen molar-refractivity contribution in [3.8, 4) is 0 Å². The van der Waals surface area contributed by atoms with E-state index in [0.29, 0.717) is 6.42 Å². The largest absolute Gasteiger partial charge is 0.481 e. The molecule has 3 atom stereocenters. The minimum atomic E-state index is -1.03. The number of cyclic esters (lactones) is 2. The Hall–Kier alpha value is -3.84. The average Bonchev–Trinajstić information content (AvgIpc) is 4.05. The summed E-state index contributed by atoms with van der Waals surface area (Å²) in [6.07, 6.45) is 67.7. The number of carbonyl (C=O) groups is 6. The summed E-state index contributed by atoms with van der Waals surface area (Å²) in [4.78, 5) is 70.5. The molecule has 3 unspecified atom stereocenters. The number of esters is 4. The number of carbonyl (C=O) groups excluding carboxylic acids is 4. The standard InChI is InChI=1S/C48H86O8.C22H38O3.C4H10O2/c1-4-6-8-10-12-14-16-18-20-22-24-26-28-30-32-34-36-43(47(51)52)38-45(49)55-40-42(3)41-56-46(50)39-44(48(53)54)37-35-33-31-29-27-25-23-21-19-17-15-13-11-9-7-5-2;1-2-3-4-5-6-7-8-9-10-11-12-13-14-15-16-17-18-20-19-21(23)25-22(20)24;1-4(2-5)3-6/h32-35,42-44H,4-31,36-41H2,1-3H3,(H,51,52)(H,53,54);16-17,20H,2-15,18-19H2,1H3;4-6H,2-3H2,1H3/b34-32+,35-33+;17-16+;. The lowest BCUT2D eigenvalue weighted by Gasteiger charge is -2.15. The molecule has 0 amide bonds. The summed E-state index contributed by atoms with van der Waals surface area (Å²) >= 11 is 0. The van der Waals surface area contributed by atoms with Crippen molar-refractivity contribution in [3.63, 3.8) is 0 Å². The SMILES string of the molecule is CC(CO)CO.CCCCCCCCCCCCCCC/C=C/CC(CC(=O)OCC(C)COC(=O)CC(C/C=C/CCCCCCCCCCCCCCC)C(=O)O)C(=O)O.CCCCCCCCCCCCCCC/C=C/CC1CC(=O)OC1=O. The fraction of sp³-hybridized carbons (Fsp3) is 0.838. The summed E-state index contributed by atoms with van der Waals surface area (Å²) in [5.41, 5.74) is 0. The molecule has 1 aliphatic heterocycles. The maximum absolute atomic E-state index is 12.4. The lowest BCUT2D eigenvalue weighted by Crippen LogP contribution is -2.23. The normalized spacial score (nSPS) is 14.3. The first-order valence-electron chi connectivity index (χ1n) is 35.9. The van der Waals surface area contributed by atoms with E-state index >= 15 is 0 Å². The maximum atomic E-state index is 12.4. The predicted octanol–water partition coefficient (Wildman–Crippen LogP) is 19.9. The molecule has 13 nitrogen and oxygen atoms in total. The number of allylic oxidation sites excluding steroid dienone is 6. The van der Waals surface area contributed by atoms with Gasteiger partial charge in [0.05, 0.1) is 50.2 Å². The summed E-state index contributed by atoms with van der Waals surface area (Å²) in [7, 11) is 0. The van der Waals surface area contributed by atoms with Gasteiger partial charge in [0.25, 0.3) is 0 Å². The van der Waals surface area contributed by atoms with Crippen LogP contribution in [0.4, 0.5) is 0 Å². The van der Waals surface area contributed by atoms with Crippen molar-refractivity contribution >= 4 is 35.8 Å². The molecule has 1 saturated heterocycles. The lowest BCUT2D eigenvalue weighted by molar-refractivity contribution is -0.155. The van der Waals surface area contributed by atoms with Gasteiger partial charge >= 0.3 is 35.8 Å². The molecule has 0 bridgehead atoms. The highest BCUT2D eigenvalue weighted by atomic mass is 16.6. The van der Waals surface area contributed by atoms with Crippen LogP contribution < -0.4 is 0 Å². The Morgan fingerprint density at radius 1 is 0.425 bits per heavy atom.